The van der Waals surface area contributed by atoms with E-state index in [0.29, 0.717) is 28.3 Å². The van der Waals surface area contributed by atoms with Gasteiger partial charge in [-0.05, 0) is 30.3 Å². The van der Waals surface area contributed by atoms with Crippen molar-refractivity contribution in [3.05, 3.63) is 64.7 Å². The third-order valence-electron chi connectivity index (χ3n) is 4.33. The van der Waals surface area contributed by atoms with Crippen molar-refractivity contribution in [3.63, 3.8) is 0 Å². The molecule has 0 atom stereocenters. The molecule has 6 nitrogen and oxygen atoms in total. The number of para-hydroxylation sites is 1. The molecule has 2 aromatic carbocycles. The SMILES string of the molecule is C[NH+](C)CCCn1c(SCC(=O)Nc2cccc(F)c2)nc2ccccc2c1=O. The molecule has 1 amide bonds. The predicted molar refractivity (Wildman–Crippen MR) is 114 cm³/mol. The van der Waals surface area contributed by atoms with Crippen LogP contribution in [0.5, 0.6) is 0 Å². The summed E-state index contributed by atoms with van der Waals surface area (Å²) in [6.07, 6.45) is 0.825. The molecule has 3 aromatic rings. The number of fused-ring (bicyclic) bond motifs is 1. The highest BCUT2D eigenvalue weighted by atomic mass is 32.2. The molecule has 0 saturated carbocycles. The number of benzene rings is 2. The number of halogens is 1. The summed E-state index contributed by atoms with van der Waals surface area (Å²) in [5.74, 6) is -0.629. The van der Waals surface area contributed by atoms with E-state index in [1.807, 2.05) is 12.1 Å². The van der Waals surface area contributed by atoms with Crippen LogP contribution in [0.2, 0.25) is 0 Å². The van der Waals surface area contributed by atoms with E-state index in [2.05, 4.69) is 24.4 Å². The highest BCUT2D eigenvalue weighted by molar-refractivity contribution is 7.99. The van der Waals surface area contributed by atoms with Crippen molar-refractivity contribution in [2.24, 2.45) is 0 Å². The fourth-order valence-corrected chi connectivity index (χ4v) is 3.76. The minimum absolute atomic E-state index is 0.0697. The van der Waals surface area contributed by atoms with Gasteiger partial charge in [0.25, 0.3) is 5.56 Å². The summed E-state index contributed by atoms with van der Waals surface area (Å²) in [5, 5.41) is 3.74. The second-order valence-corrected chi connectivity index (χ2v) is 7.97. The lowest BCUT2D eigenvalue weighted by atomic mass is 10.2. The van der Waals surface area contributed by atoms with Crippen molar-refractivity contribution in [1.29, 1.82) is 0 Å². The van der Waals surface area contributed by atoms with Crippen LogP contribution in [-0.2, 0) is 11.3 Å². The Morgan fingerprint density at radius 2 is 2.00 bits per heavy atom. The molecule has 0 spiro atoms. The van der Waals surface area contributed by atoms with Crippen molar-refractivity contribution in [3.8, 4) is 0 Å². The Kier molecular flexibility index (Phi) is 7.00. The van der Waals surface area contributed by atoms with Gasteiger partial charge in [-0.3, -0.25) is 14.2 Å². The zero-order valence-corrected chi connectivity index (χ0v) is 17.3. The minimum atomic E-state index is -0.413. The molecule has 1 aromatic heterocycles. The second-order valence-electron chi connectivity index (χ2n) is 7.03. The monoisotopic (exact) mass is 415 g/mol. The second kappa shape index (κ2) is 9.67. The lowest BCUT2D eigenvalue weighted by Crippen LogP contribution is -3.05. The lowest BCUT2D eigenvalue weighted by Gasteiger charge is -2.14. The fourth-order valence-electron chi connectivity index (χ4n) is 2.94. The number of rotatable bonds is 8. The molecule has 0 bridgehead atoms. The first-order valence-electron chi connectivity index (χ1n) is 9.41. The number of nitrogens with zero attached hydrogens (tertiary/aromatic N) is 2. The van der Waals surface area contributed by atoms with E-state index in [-0.39, 0.29) is 17.2 Å². The first-order chi connectivity index (χ1) is 13.9. The summed E-state index contributed by atoms with van der Waals surface area (Å²) < 4.78 is 14.9. The van der Waals surface area contributed by atoms with E-state index < -0.39 is 5.82 Å². The average Bonchev–Trinajstić information content (AvgIpc) is 2.68. The number of carbonyl (C=O) groups excluding carboxylic acids is 1. The largest absolute Gasteiger partial charge is 0.340 e. The highest BCUT2D eigenvalue weighted by Gasteiger charge is 2.14. The predicted octanol–water partition coefficient (Wildman–Crippen LogP) is 1.80. The number of hydrogen-bond donors (Lipinski definition) is 2. The number of anilines is 1. The van der Waals surface area contributed by atoms with Gasteiger partial charge < -0.3 is 10.2 Å². The summed E-state index contributed by atoms with van der Waals surface area (Å²) in [6.45, 7) is 1.46. The molecule has 152 valence electrons. The third-order valence-corrected chi connectivity index (χ3v) is 5.30. The Hall–Kier alpha value is -2.71. The van der Waals surface area contributed by atoms with Crippen molar-refractivity contribution >= 4 is 34.3 Å². The Balaban J connectivity index is 1.79. The van der Waals surface area contributed by atoms with Crippen LogP contribution in [0.1, 0.15) is 6.42 Å². The number of nitrogens with one attached hydrogen (secondary N) is 2. The van der Waals surface area contributed by atoms with Crippen LogP contribution in [0.3, 0.4) is 0 Å². The number of quaternary nitrogens is 1. The fraction of sp³-hybridized carbons (Fsp3) is 0.286. The van der Waals surface area contributed by atoms with Crippen LogP contribution in [0, 0.1) is 5.82 Å². The molecule has 2 N–H and O–H groups in total. The Morgan fingerprint density at radius 1 is 1.21 bits per heavy atom. The van der Waals surface area contributed by atoms with Crippen LogP contribution >= 0.6 is 11.8 Å². The van der Waals surface area contributed by atoms with E-state index in [1.54, 1.807) is 22.8 Å². The van der Waals surface area contributed by atoms with Crippen molar-refractivity contribution in [1.82, 2.24) is 9.55 Å². The van der Waals surface area contributed by atoms with Gasteiger partial charge in [-0.15, -0.1) is 0 Å². The summed E-state index contributed by atoms with van der Waals surface area (Å²) >= 11 is 1.21. The zero-order chi connectivity index (χ0) is 20.8. The Bertz CT molecular complexity index is 1070. The average molecular weight is 416 g/mol. The standard InChI is InChI=1S/C21H23FN4O2S/c1-25(2)11-6-12-26-20(28)17-9-3-4-10-18(17)24-21(26)29-14-19(27)23-16-8-5-7-15(22)13-16/h3-5,7-10,13H,6,11-12,14H2,1-2H3,(H,23,27)/p+1. The first-order valence-corrected chi connectivity index (χ1v) is 10.4. The molecular weight excluding hydrogens is 391 g/mol. The molecule has 0 saturated heterocycles. The maximum absolute atomic E-state index is 13.3. The summed E-state index contributed by atoms with van der Waals surface area (Å²) in [4.78, 5) is 31.2. The Labute approximate surface area is 172 Å². The molecule has 0 aliphatic carbocycles. The summed E-state index contributed by atoms with van der Waals surface area (Å²) in [7, 11) is 4.13. The quantitative estimate of drug-likeness (QED) is 0.435. The van der Waals surface area contributed by atoms with Crippen molar-refractivity contribution in [2.75, 3.05) is 31.7 Å². The van der Waals surface area contributed by atoms with E-state index in [4.69, 9.17) is 0 Å². The van der Waals surface area contributed by atoms with E-state index >= 15 is 0 Å². The maximum Gasteiger partial charge on any atom is 0.262 e. The highest BCUT2D eigenvalue weighted by Crippen LogP contribution is 2.19. The van der Waals surface area contributed by atoms with E-state index in [1.165, 1.54) is 34.9 Å². The van der Waals surface area contributed by atoms with Crippen molar-refractivity contribution in [2.45, 2.75) is 18.1 Å². The molecule has 29 heavy (non-hydrogen) atoms. The normalized spacial score (nSPS) is 11.2. The smallest absolute Gasteiger partial charge is 0.262 e. The van der Waals surface area contributed by atoms with Gasteiger partial charge in [0.1, 0.15) is 5.82 Å². The van der Waals surface area contributed by atoms with Crippen LogP contribution < -0.4 is 15.8 Å². The van der Waals surface area contributed by atoms with Crippen LogP contribution in [0.15, 0.2) is 58.5 Å². The van der Waals surface area contributed by atoms with Gasteiger partial charge in [0, 0.05) is 18.7 Å². The number of hydrogen-bond acceptors (Lipinski definition) is 4. The summed E-state index contributed by atoms with van der Waals surface area (Å²) in [5.41, 5.74) is 0.908. The molecule has 0 radical (unpaired) electrons. The van der Waals surface area contributed by atoms with Crippen LogP contribution in [-0.4, -0.2) is 41.9 Å². The van der Waals surface area contributed by atoms with Gasteiger partial charge in [0.15, 0.2) is 5.16 Å². The molecule has 3 rings (SSSR count). The number of amides is 1. The van der Waals surface area contributed by atoms with Gasteiger partial charge in [-0.1, -0.05) is 30.0 Å². The van der Waals surface area contributed by atoms with Gasteiger partial charge in [-0.2, -0.15) is 0 Å². The van der Waals surface area contributed by atoms with Gasteiger partial charge in [0.05, 0.1) is 37.3 Å². The lowest BCUT2D eigenvalue weighted by molar-refractivity contribution is -0.858. The number of carbonyl (C=O) groups is 1. The first kappa shape index (κ1) is 21.0. The molecule has 0 aliphatic heterocycles. The molecule has 0 unspecified atom stereocenters. The van der Waals surface area contributed by atoms with Gasteiger partial charge >= 0.3 is 0 Å². The van der Waals surface area contributed by atoms with E-state index in [0.717, 1.165) is 13.0 Å². The molecule has 0 fully saturated rings. The number of aromatic nitrogens is 2. The summed E-state index contributed by atoms with van der Waals surface area (Å²) in [6, 6.07) is 12.9. The van der Waals surface area contributed by atoms with E-state index in [9.17, 15) is 14.0 Å². The zero-order valence-electron chi connectivity index (χ0n) is 16.4. The topological polar surface area (TPSA) is 68.4 Å². The maximum atomic E-state index is 13.3. The minimum Gasteiger partial charge on any atom is -0.340 e. The number of thioether (sulfide) groups is 1. The van der Waals surface area contributed by atoms with Crippen LogP contribution in [0.4, 0.5) is 10.1 Å². The van der Waals surface area contributed by atoms with Gasteiger partial charge in [-0.25, -0.2) is 9.37 Å². The van der Waals surface area contributed by atoms with Crippen molar-refractivity contribution < 1.29 is 14.1 Å². The molecule has 1 heterocycles. The van der Waals surface area contributed by atoms with Gasteiger partial charge in [0.2, 0.25) is 5.91 Å². The molecule has 8 heteroatoms. The van der Waals surface area contributed by atoms with Crippen LogP contribution in [0.25, 0.3) is 10.9 Å². The third kappa shape index (κ3) is 5.65. The Morgan fingerprint density at radius 3 is 2.76 bits per heavy atom. The molecular formula is C21H24FN4O2S+. The molecule has 0 aliphatic rings.